The molecule has 10 aromatic heterocycles. The van der Waals surface area contributed by atoms with Gasteiger partial charge in [0.2, 0.25) is 0 Å². The molecule has 614 valence electrons. The zero-order chi connectivity index (χ0) is 85.2. The van der Waals surface area contributed by atoms with Gasteiger partial charge in [-0.05, 0) is 184 Å². The Kier molecular flexibility index (Phi) is 18.2. The summed E-state index contributed by atoms with van der Waals surface area (Å²) in [5, 5.41) is 24.0. The van der Waals surface area contributed by atoms with E-state index in [-0.39, 0.29) is 0 Å². The van der Waals surface area contributed by atoms with Crippen LogP contribution in [-0.2, 0) is 6.42 Å². The highest BCUT2D eigenvalue weighted by molar-refractivity contribution is 6.15. The number of rotatable bonds is 0. The van der Waals surface area contributed by atoms with Crippen molar-refractivity contribution in [3.8, 4) is 39.1 Å². The molecule has 0 radical (unpaired) electrons. The van der Waals surface area contributed by atoms with E-state index in [1.807, 2.05) is 12.1 Å². The minimum atomic E-state index is 0.946. The van der Waals surface area contributed by atoms with Gasteiger partial charge in [0.05, 0.1) is 54.5 Å². The van der Waals surface area contributed by atoms with E-state index in [2.05, 4.69) is 452 Å². The van der Waals surface area contributed by atoms with Gasteiger partial charge < -0.3 is 36.0 Å². The lowest BCUT2D eigenvalue weighted by atomic mass is 9.94. The molecule has 0 unspecified atom stereocenters. The van der Waals surface area contributed by atoms with Crippen molar-refractivity contribution >= 4 is 158 Å². The lowest BCUT2D eigenvalue weighted by molar-refractivity contribution is 0.451. The summed E-state index contributed by atoms with van der Waals surface area (Å²) in [6, 6.07) is 108. The Bertz CT molecular complexity index is 8840. The summed E-state index contributed by atoms with van der Waals surface area (Å²) in [4.78, 5) is 2.31. The molecule has 31 rings (SSSR count). The van der Waals surface area contributed by atoms with Crippen LogP contribution in [0.25, 0.3) is 186 Å². The van der Waals surface area contributed by atoms with Crippen LogP contribution in [0.4, 0.5) is 5.69 Å². The average molecular weight is 1660 g/mol. The first-order valence-corrected chi connectivity index (χ1v) is 45.3. The third-order valence-corrected chi connectivity index (χ3v) is 27.6. The molecule has 21 aromatic rings. The van der Waals surface area contributed by atoms with Crippen LogP contribution in [0.3, 0.4) is 0 Å². The second kappa shape index (κ2) is 31.2. The first-order chi connectivity index (χ1) is 64.0. The van der Waals surface area contributed by atoms with E-state index >= 15 is 0 Å². The Morgan fingerprint density at radius 1 is 0.264 bits per heavy atom. The highest BCUT2D eigenvalue weighted by Crippen LogP contribution is 2.47. The van der Waals surface area contributed by atoms with Gasteiger partial charge in [0.25, 0.3) is 0 Å². The van der Waals surface area contributed by atoms with Gasteiger partial charge in [0.15, 0.2) is 0 Å². The van der Waals surface area contributed by atoms with Crippen LogP contribution in [0.5, 0.6) is 5.75 Å². The Morgan fingerprint density at radius 3 is 1.26 bits per heavy atom. The molecule has 0 bridgehead atoms. The van der Waals surface area contributed by atoms with Crippen molar-refractivity contribution in [2.75, 3.05) is 11.9 Å². The Balaban J connectivity index is 0.0000000817. The van der Waals surface area contributed by atoms with Crippen LogP contribution >= 0.6 is 0 Å². The van der Waals surface area contributed by atoms with E-state index in [0.717, 1.165) is 62.9 Å². The van der Waals surface area contributed by atoms with Crippen LogP contribution in [0.1, 0.15) is 67.2 Å². The van der Waals surface area contributed by atoms with Crippen molar-refractivity contribution in [3.05, 3.63) is 459 Å². The topological polar surface area (TPSA) is 38.9 Å². The number of nitrogens with zero attached hydrogens (tertiary/aromatic N) is 7. The summed E-state index contributed by atoms with van der Waals surface area (Å²) < 4.78 is 20.0. The summed E-state index contributed by atoms with van der Waals surface area (Å²) in [5.74, 6) is 1.94. The molecular formula is C121H89N7O. The smallest absolute Gasteiger partial charge is 0.135 e. The quantitative estimate of drug-likeness (QED) is 0.152. The van der Waals surface area contributed by atoms with Crippen molar-refractivity contribution in [3.63, 3.8) is 0 Å². The molecule has 2 aliphatic heterocycles. The molecule has 0 saturated heterocycles. The number of para-hydroxylation sites is 2. The molecule has 8 nitrogen and oxygen atoms in total. The number of likely N-dealkylation sites (N-methyl/N-ethyl adjacent to an activating group) is 1. The SMILES string of the molecule is C1=CC2=C(C1)c1ccccc1-c1ccccc1C2.C1=CC2=C(C1)c1ccccc1-c1ccccc1O2.C1=c2c(n3cc4ccccc4c3c3c4ccccc4cn23)=CC1.C1=c2c(n3cc4ccccc4c3c3ccccc23)=CC1.C1=c2c(n3cccc3c3ccccc23)=CC1.C1=c2c(n3cccc3c3cccn23)=CC1.CN1C2=C(CC=C2)c2ccccc2-c2ccccc21. The second-order valence-corrected chi connectivity index (χ2v) is 34.6. The number of pyridine rings is 2. The first-order valence-electron chi connectivity index (χ1n) is 45.3. The lowest BCUT2D eigenvalue weighted by Crippen LogP contribution is -2.34. The number of hydrogen-bond donors (Lipinski definition) is 0. The van der Waals surface area contributed by atoms with E-state index in [1.54, 1.807) is 0 Å². The molecule has 129 heavy (non-hydrogen) atoms. The number of fused-ring (bicyclic) bond motifs is 42. The number of aromatic nitrogens is 6. The van der Waals surface area contributed by atoms with Crippen molar-refractivity contribution in [2.45, 2.75) is 51.4 Å². The highest BCUT2D eigenvalue weighted by Gasteiger charge is 2.28. The van der Waals surface area contributed by atoms with E-state index in [4.69, 9.17) is 4.74 Å². The van der Waals surface area contributed by atoms with E-state index in [0.29, 0.717) is 0 Å². The third-order valence-electron chi connectivity index (χ3n) is 27.6. The molecule has 0 spiro atoms. The zero-order valence-electron chi connectivity index (χ0n) is 71.6. The van der Waals surface area contributed by atoms with E-state index < -0.39 is 0 Å². The Hall–Kier alpha value is -16.2. The van der Waals surface area contributed by atoms with Gasteiger partial charge >= 0.3 is 0 Å². The van der Waals surface area contributed by atoms with Gasteiger partial charge in [0.1, 0.15) is 11.5 Å². The van der Waals surface area contributed by atoms with Gasteiger partial charge in [0, 0.05) is 137 Å². The second-order valence-electron chi connectivity index (χ2n) is 34.6. The van der Waals surface area contributed by atoms with Crippen LogP contribution in [0.15, 0.2) is 394 Å². The minimum Gasteiger partial charge on any atom is -0.456 e. The maximum Gasteiger partial charge on any atom is 0.135 e. The van der Waals surface area contributed by atoms with Crippen LogP contribution in [0.2, 0.25) is 0 Å². The maximum atomic E-state index is 6.06. The standard InChI is InChI=1S/C21H14N2.C19H13N.C18H15N.C18H14.C17H12O.C15H11N.C13H10N2/c1-3-8-16-14(6-1)12-22-18-10-5-11-19(18)23-13-15-7-2-4-9-17(15)21(23)20(16)22;1-2-7-14-13(6-1)12-20-18-11-5-10-16(18)15-8-3-4-9-17(15)19(14)20;1-19-17-11-5-4-9-15(17)13-7-2-3-8-14(13)16-10-6-12-18(16)19;1-2-8-15-13(6-1)12-14-7-5-11-16(14)18-10-4-3-9-17(15)18;1-2-7-13-12(6-1)14-8-3-4-10-16(14)18-17-11-5-9-15(13)17;1-2-6-12-11(5-1)13-7-3-8-14(13)16-10-4-9-15(12)16;1-4-10-11(5-1)15-9-3-7-13(15)12-6-2-8-14(10)12/h1-4,6-13H,5H2;1-4,6-12H,5H2;2-9,11-12H,10H2,1H3;1-10H,11-12H2;1-8,10-11H,9H2;1-2,4-10H,3H2;2-9H,1H2. The summed E-state index contributed by atoms with van der Waals surface area (Å²) in [7, 11) is 2.16. The van der Waals surface area contributed by atoms with Crippen molar-refractivity contribution < 1.29 is 4.74 Å². The van der Waals surface area contributed by atoms with E-state index in [1.165, 1.54) is 219 Å². The zero-order valence-corrected chi connectivity index (χ0v) is 71.6. The van der Waals surface area contributed by atoms with Gasteiger partial charge in [-0.15, -0.1) is 0 Å². The molecular weight excluding hydrogens is 1570 g/mol. The fourth-order valence-electron chi connectivity index (χ4n) is 21.9. The molecule has 0 saturated carbocycles. The normalized spacial score (nSPS) is 14.7. The summed E-state index contributed by atoms with van der Waals surface area (Å²) in [5.41, 5.74) is 29.6. The summed E-state index contributed by atoms with van der Waals surface area (Å²) in [6.07, 6.45) is 53.3. The van der Waals surface area contributed by atoms with Crippen molar-refractivity contribution in [2.24, 2.45) is 0 Å². The van der Waals surface area contributed by atoms with Crippen LogP contribution in [-0.4, -0.2) is 33.5 Å². The molecule has 10 aliphatic rings. The predicted octanol–water partition coefficient (Wildman–Crippen LogP) is 23.4. The predicted molar refractivity (Wildman–Crippen MR) is 541 cm³/mol. The summed E-state index contributed by atoms with van der Waals surface area (Å²) in [6.45, 7) is 0. The number of benzene rings is 11. The summed E-state index contributed by atoms with van der Waals surface area (Å²) >= 11 is 0. The monoisotopic (exact) mass is 1660 g/mol. The van der Waals surface area contributed by atoms with Crippen LogP contribution < -0.4 is 52.2 Å². The number of ether oxygens (including phenoxy) is 1. The van der Waals surface area contributed by atoms with Gasteiger partial charge in [-0.2, -0.15) is 0 Å². The van der Waals surface area contributed by atoms with Gasteiger partial charge in [-0.1, -0.05) is 328 Å². The van der Waals surface area contributed by atoms with Crippen molar-refractivity contribution in [1.82, 2.24) is 26.4 Å². The Morgan fingerprint density at radius 2 is 0.651 bits per heavy atom. The fourth-order valence-corrected chi connectivity index (χ4v) is 21.9. The molecule has 8 heteroatoms. The largest absolute Gasteiger partial charge is 0.456 e. The average Bonchev–Trinajstić information content (AvgIpc) is 1.54. The van der Waals surface area contributed by atoms with Gasteiger partial charge in [-0.3, -0.25) is 0 Å². The molecule has 0 amide bonds. The van der Waals surface area contributed by atoms with E-state index in [9.17, 15) is 0 Å². The minimum absolute atomic E-state index is 0.946. The molecule has 0 atom stereocenters. The number of allylic oxidation sites excluding steroid dienone is 10. The molecule has 8 aliphatic carbocycles. The van der Waals surface area contributed by atoms with Crippen molar-refractivity contribution in [1.29, 1.82) is 0 Å². The fraction of sp³-hybridized carbons (Fsp3) is 0.0744. The third kappa shape index (κ3) is 12.5. The molecule has 12 heterocycles. The molecule has 11 aromatic carbocycles. The molecule has 0 N–H and O–H groups in total. The van der Waals surface area contributed by atoms with Crippen LogP contribution in [0, 0.1) is 0 Å². The molecule has 0 fully saturated rings. The first kappa shape index (κ1) is 75.4. The van der Waals surface area contributed by atoms with Gasteiger partial charge in [-0.25, -0.2) is 0 Å². The Labute approximate surface area is 745 Å². The number of anilines is 1. The highest BCUT2D eigenvalue weighted by atomic mass is 16.5. The number of hydrogen-bond acceptors (Lipinski definition) is 2. The lowest BCUT2D eigenvalue weighted by Gasteiger charge is -2.21. The maximum absolute atomic E-state index is 6.06.